The van der Waals surface area contributed by atoms with Crippen molar-refractivity contribution in [2.45, 2.75) is 6.92 Å². The van der Waals surface area contributed by atoms with E-state index in [9.17, 15) is 14.9 Å². The molecule has 110 valence electrons. The Morgan fingerprint density at radius 1 is 1.43 bits per heavy atom. The zero-order valence-electron chi connectivity index (χ0n) is 11.8. The Morgan fingerprint density at radius 2 is 2.14 bits per heavy atom. The number of ether oxygens (including phenoxy) is 1. The summed E-state index contributed by atoms with van der Waals surface area (Å²) in [5.41, 5.74) is 1.62. The van der Waals surface area contributed by atoms with Crippen molar-refractivity contribution in [2.24, 2.45) is 7.05 Å². The lowest BCUT2D eigenvalue weighted by Gasteiger charge is -2.07. The van der Waals surface area contributed by atoms with E-state index in [0.717, 1.165) is 0 Å². The number of benzene rings is 1. The lowest BCUT2D eigenvalue weighted by atomic mass is 10.1. The summed E-state index contributed by atoms with van der Waals surface area (Å²) in [4.78, 5) is 22.1. The zero-order chi connectivity index (χ0) is 15.6. The summed E-state index contributed by atoms with van der Waals surface area (Å²) in [5, 5.41) is 18.2. The van der Waals surface area contributed by atoms with Gasteiger partial charge in [0.1, 0.15) is 5.69 Å². The average Bonchev–Trinajstić information content (AvgIpc) is 2.75. The number of hydrogen-bond acceptors (Lipinski definition) is 6. The maximum Gasteiger partial charge on any atom is 0.337 e. The molecule has 0 unspecified atom stereocenters. The smallest absolute Gasteiger partial charge is 0.337 e. The third-order valence-corrected chi connectivity index (χ3v) is 2.90. The van der Waals surface area contributed by atoms with Gasteiger partial charge < -0.3 is 10.1 Å². The lowest BCUT2D eigenvalue weighted by molar-refractivity contribution is -0.383. The second-order valence-electron chi connectivity index (χ2n) is 4.41. The van der Waals surface area contributed by atoms with E-state index >= 15 is 0 Å². The Hall–Kier alpha value is -2.90. The second-order valence-corrected chi connectivity index (χ2v) is 4.41. The number of methoxy groups -OCH3 is 1. The number of carbonyl (C=O) groups is 1. The fourth-order valence-corrected chi connectivity index (χ4v) is 1.91. The second kappa shape index (κ2) is 5.61. The first-order valence-electron chi connectivity index (χ1n) is 6.06. The van der Waals surface area contributed by atoms with Gasteiger partial charge in [-0.15, -0.1) is 0 Å². The number of nitrogens with one attached hydrogen (secondary N) is 1. The number of aromatic nitrogens is 2. The molecule has 1 heterocycles. The van der Waals surface area contributed by atoms with Gasteiger partial charge in [-0.2, -0.15) is 5.10 Å². The summed E-state index contributed by atoms with van der Waals surface area (Å²) in [6, 6.07) is 4.00. The number of hydrogen-bond donors (Lipinski definition) is 1. The molecule has 0 amide bonds. The predicted molar refractivity (Wildman–Crippen MR) is 75.7 cm³/mol. The van der Waals surface area contributed by atoms with Crippen LogP contribution in [0.25, 0.3) is 0 Å². The van der Waals surface area contributed by atoms with Crippen molar-refractivity contribution in [2.75, 3.05) is 12.4 Å². The van der Waals surface area contributed by atoms with E-state index in [1.807, 2.05) is 0 Å². The van der Waals surface area contributed by atoms with Gasteiger partial charge in [-0.1, -0.05) is 0 Å². The van der Waals surface area contributed by atoms with Gasteiger partial charge in [-0.3, -0.25) is 14.8 Å². The van der Waals surface area contributed by atoms with Crippen molar-refractivity contribution in [3.05, 3.63) is 45.8 Å². The van der Waals surface area contributed by atoms with Crippen LogP contribution in [0, 0.1) is 17.0 Å². The molecular weight excluding hydrogens is 276 g/mol. The number of anilines is 2. The molecule has 21 heavy (non-hydrogen) atoms. The molecule has 2 rings (SSSR count). The molecule has 0 spiro atoms. The summed E-state index contributed by atoms with van der Waals surface area (Å²) in [7, 11) is 3.00. The number of aryl methyl sites for hydroxylation is 2. The van der Waals surface area contributed by atoms with Gasteiger partial charge >= 0.3 is 5.97 Å². The average molecular weight is 290 g/mol. The van der Waals surface area contributed by atoms with Crippen LogP contribution in [0.3, 0.4) is 0 Å². The minimum Gasteiger partial charge on any atom is -0.465 e. The molecular formula is C13H14N4O4. The summed E-state index contributed by atoms with van der Waals surface area (Å²) in [6.45, 7) is 1.78. The highest BCUT2D eigenvalue weighted by Gasteiger charge is 2.18. The molecule has 0 aliphatic heterocycles. The fourth-order valence-electron chi connectivity index (χ4n) is 1.91. The van der Waals surface area contributed by atoms with Gasteiger partial charge in [0.2, 0.25) is 0 Å². The minimum atomic E-state index is -0.559. The molecule has 0 fully saturated rings. The van der Waals surface area contributed by atoms with Crippen LogP contribution < -0.4 is 5.32 Å². The molecule has 8 heteroatoms. The van der Waals surface area contributed by atoms with Gasteiger partial charge in [0.25, 0.3) is 5.69 Å². The number of nitro benzene ring substituents is 1. The molecule has 0 aliphatic carbocycles. The standard InChI is InChI=1S/C13H14N4O4/c1-8-11(7-16(2)15-8)14-10-6-9(13(18)21-3)4-5-12(10)17(19)20/h4-7,14H,1-3H3. The molecule has 0 saturated carbocycles. The van der Waals surface area contributed by atoms with Crippen LogP contribution in [0.4, 0.5) is 17.1 Å². The Labute approximate surface area is 120 Å². The molecule has 1 aromatic carbocycles. The summed E-state index contributed by atoms with van der Waals surface area (Å²) in [5.74, 6) is -0.559. The van der Waals surface area contributed by atoms with Crippen molar-refractivity contribution >= 4 is 23.0 Å². The summed E-state index contributed by atoms with van der Waals surface area (Å²) >= 11 is 0. The zero-order valence-corrected chi connectivity index (χ0v) is 11.8. The molecule has 0 radical (unpaired) electrons. The monoisotopic (exact) mass is 290 g/mol. The molecule has 2 aromatic rings. The highest BCUT2D eigenvalue weighted by Crippen LogP contribution is 2.29. The van der Waals surface area contributed by atoms with Gasteiger partial charge in [0, 0.05) is 19.3 Å². The first kappa shape index (κ1) is 14.5. The van der Waals surface area contributed by atoms with Crippen LogP contribution in [-0.2, 0) is 11.8 Å². The first-order valence-corrected chi connectivity index (χ1v) is 6.06. The largest absolute Gasteiger partial charge is 0.465 e. The maximum absolute atomic E-state index is 11.5. The van der Waals surface area contributed by atoms with Crippen LogP contribution in [0.5, 0.6) is 0 Å². The van der Waals surface area contributed by atoms with Crippen LogP contribution in [0.2, 0.25) is 0 Å². The van der Waals surface area contributed by atoms with Crippen molar-refractivity contribution in [1.82, 2.24) is 9.78 Å². The number of rotatable bonds is 4. The third-order valence-electron chi connectivity index (χ3n) is 2.90. The van der Waals surface area contributed by atoms with Gasteiger partial charge in [-0.25, -0.2) is 4.79 Å². The Kier molecular flexibility index (Phi) is 3.88. The predicted octanol–water partition coefficient (Wildman–Crippen LogP) is 2.17. The highest BCUT2D eigenvalue weighted by molar-refractivity contribution is 5.92. The van der Waals surface area contributed by atoms with Crippen LogP contribution >= 0.6 is 0 Å². The number of nitro groups is 1. The topological polar surface area (TPSA) is 99.3 Å². The van der Waals surface area contributed by atoms with E-state index in [1.54, 1.807) is 24.9 Å². The van der Waals surface area contributed by atoms with E-state index in [2.05, 4.69) is 15.2 Å². The Balaban J connectivity index is 2.46. The first-order chi connectivity index (χ1) is 9.92. The molecule has 0 bridgehead atoms. The molecule has 0 atom stereocenters. The van der Waals surface area contributed by atoms with Crippen LogP contribution in [0.1, 0.15) is 16.1 Å². The molecule has 1 aromatic heterocycles. The third kappa shape index (κ3) is 2.99. The van der Waals surface area contributed by atoms with E-state index in [0.29, 0.717) is 11.4 Å². The van der Waals surface area contributed by atoms with Gasteiger partial charge in [0.15, 0.2) is 0 Å². The molecule has 1 N–H and O–H groups in total. The lowest BCUT2D eigenvalue weighted by Crippen LogP contribution is -2.04. The number of esters is 1. The molecule has 0 saturated heterocycles. The normalized spacial score (nSPS) is 10.2. The van der Waals surface area contributed by atoms with E-state index in [4.69, 9.17) is 0 Å². The Bertz CT molecular complexity index is 708. The highest BCUT2D eigenvalue weighted by atomic mass is 16.6. The molecule has 8 nitrogen and oxygen atoms in total. The van der Waals surface area contributed by atoms with Gasteiger partial charge in [0.05, 0.1) is 29.0 Å². The van der Waals surface area contributed by atoms with Crippen LogP contribution in [-0.4, -0.2) is 27.8 Å². The van der Waals surface area contributed by atoms with Crippen molar-refractivity contribution in [1.29, 1.82) is 0 Å². The number of carbonyl (C=O) groups excluding carboxylic acids is 1. The summed E-state index contributed by atoms with van der Waals surface area (Å²) < 4.78 is 6.21. The minimum absolute atomic E-state index is 0.133. The van der Waals surface area contributed by atoms with Crippen molar-refractivity contribution < 1.29 is 14.5 Å². The van der Waals surface area contributed by atoms with Gasteiger partial charge in [-0.05, 0) is 19.1 Å². The Morgan fingerprint density at radius 3 is 2.67 bits per heavy atom. The van der Waals surface area contributed by atoms with E-state index in [1.165, 1.54) is 25.3 Å². The quantitative estimate of drug-likeness (QED) is 0.526. The van der Waals surface area contributed by atoms with E-state index < -0.39 is 10.9 Å². The summed E-state index contributed by atoms with van der Waals surface area (Å²) in [6.07, 6.45) is 1.70. The molecule has 0 aliphatic rings. The van der Waals surface area contributed by atoms with E-state index in [-0.39, 0.29) is 16.9 Å². The fraction of sp³-hybridized carbons (Fsp3) is 0.231. The van der Waals surface area contributed by atoms with Crippen molar-refractivity contribution in [3.8, 4) is 0 Å². The number of nitrogens with zero attached hydrogens (tertiary/aromatic N) is 3. The van der Waals surface area contributed by atoms with Crippen molar-refractivity contribution in [3.63, 3.8) is 0 Å². The maximum atomic E-state index is 11.5. The SMILES string of the molecule is COC(=O)c1ccc([N+](=O)[O-])c(Nc2cn(C)nc2C)c1. The van der Waals surface area contributed by atoms with Crippen LogP contribution in [0.15, 0.2) is 24.4 Å².